The van der Waals surface area contributed by atoms with E-state index in [-0.39, 0.29) is 6.61 Å². The number of benzene rings is 3. The monoisotopic (exact) mass is 496 g/mol. The van der Waals surface area contributed by atoms with E-state index in [0.717, 1.165) is 23.6 Å². The summed E-state index contributed by atoms with van der Waals surface area (Å²) in [6.07, 6.45) is -10.1. The Balaban J connectivity index is 0.000000126. The zero-order valence-electron chi connectivity index (χ0n) is 18.0. The maximum Gasteiger partial charge on any atom is 0.507 e. The molecule has 0 amide bonds. The van der Waals surface area contributed by atoms with Crippen LogP contribution in [0.4, 0.5) is 17.6 Å². The molecule has 0 fully saturated rings. The molecule has 6 rings (SSSR count). The molecule has 0 spiro atoms. The highest BCUT2D eigenvalue weighted by Crippen LogP contribution is 2.46. The van der Waals surface area contributed by atoms with E-state index < -0.39 is 30.0 Å². The average Bonchev–Trinajstić information content (AvgIpc) is 2.85. The lowest BCUT2D eigenvalue weighted by molar-refractivity contribution is -0.391. The second-order valence-electron chi connectivity index (χ2n) is 7.16. The van der Waals surface area contributed by atoms with Crippen molar-refractivity contribution >= 4 is 0 Å². The zero-order chi connectivity index (χ0) is 24.9. The summed E-state index contributed by atoms with van der Waals surface area (Å²) in [6.45, 7) is 1.53. The predicted molar refractivity (Wildman–Crippen MR) is 114 cm³/mol. The molecule has 3 aromatic rings. The van der Waals surface area contributed by atoms with Gasteiger partial charge in [-0.25, -0.2) is 0 Å². The van der Waals surface area contributed by atoms with Crippen LogP contribution in [0, 0.1) is 0 Å². The van der Waals surface area contributed by atoms with E-state index >= 15 is 0 Å². The molecule has 1 atom stereocenters. The highest BCUT2D eigenvalue weighted by molar-refractivity contribution is 5.42. The lowest BCUT2D eigenvalue weighted by Crippen LogP contribution is -2.52. The topological polar surface area (TPSA) is 75.6 Å². The van der Waals surface area contributed by atoms with Gasteiger partial charge in [0.25, 0.3) is 0 Å². The molecule has 1 unspecified atom stereocenters. The Labute approximate surface area is 197 Å². The molecule has 11 heteroatoms. The van der Waals surface area contributed by atoms with Gasteiger partial charge >= 0.3 is 12.2 Å². The van der Waals surface area contributed by atoms with Crippen molar-refractivity contribution in [1.82, 2.24) is 0 Å². The molecule has 3 aliphatic heterocycles. The van der Waals surface area contributed by atoms with Crippen molar-refractivity contribution in [3.63, 3.8) is 0 Å². The number of hydrogen-bond donors (Lipinski definition) is 1. The maximum absolute atomic E-state index is 12.6. The molecule has 0 radical (unpaired) electrons. The Morgan fingerprint density at radius 1 is 0.571 bits per heavy atom. The van der Waals surface area contributed by atoms with Crippen LogP contribution in [0.25, 0.3) is 0 Å². The van der Waals surface area contributed by atoms with E-state index in [4.69, 9.17) is 24.1 Å². The Bertz CT molecular complexity index is 1080. The minimum absolute atomic E-state index is 0.205. The molecule has 186 valence electrons. The van der Waals surface area contributed by atoms with Crippen molar-refractivity contribution in [2.24, 2.45) is 0 Å². The first kappa shape index (κ1) is 24.3. The predicted octanol–water partition coefficient (Wildman–Crippen LogP) is 4.88. The van der Waals surface area contributed by atoms with Crippen molar-refractivity contribution < 1.29 is 51.1 Å². The van der Waals surface area contributed by atoms with Crippen molar-refractivity contribution in [3.05, 3.63) is 72.8 Å². The van der Waals surface area contributed by atoms with Gasteiger partial charge in [0.1, 0.15) is 13.2 Å². The number of hydrogen-bond acceptors (Lipinski definition) is 7. The lowest BCUT2D eigenvalue weighted by Gasteiger charge is -2.31. The number of rotatable bonds is 0. The van der Waals surface area contributed by atoms with Crippen LogP contribution in [0.3, 0.4) is 0 Å². The summed E-state index contributed by atoms with van der Waals surface area (Å²) < 4.78 is 78.7. The molecule has 35 heavy (non-hydrogen) atoms. The smallest absolute Gasteiger partial charge is 0.486 e. The van der Waals surface area contributed by atoms with E-state index in [1.54, 1.807) is 12.1 Å². The third-order valence-electron chi connectivity index (χ3n) is 4.61. The van der Waals surface area contributed by atoms with E-state index in [1.807, 2.05) is 36.4 Å². The normalized spacial score (nSPS) is 19.6. The Morgan fingerprint density at radius 3 is 1.40 bits per heavy atom. The molecule has 0 aliphatic carbocycles. The van der Waals surface area contributed by atoms with Crippen LogP contribution >= 0.6 is 0 Å². The van der Waals surface area contributed by atoms with Crippen molar-refractivity contribution in [2.45, 2.75) is 18.5 Å². The minimum Gasteiger partial charge on any atom is -0.486 e. The summed E-state index contributed by atoms with van der Waals surface area (Å²) in [7, 11) is 0. The summed E-state index contributed by atoms with van der Waals surface area (Å²) in [4.78, 5) is 0. The first-order valence-electron chi connectivity index (χ1n) is 10.4. The minimum atomic E-state index is -4.64. The summed E-state index contributed by atoms with van der Waals surface area (Å²) in [5, 5.41) is 9.01. The van der Waals surface area contributed by atoms with Crippen LogP contribution in [0.5, 0.6) is 34.5 Å². The fourth-order valence-electron chi connectivity index (χ4n) is 3.01. The molecule has 0 bridgehead atoms. The van der Waals surface area contributed by atoms with Gasteiger partial charge in [-0.15, -0.1) is 0 Å². The third-order valence-corrected chi connectivity index (χ3v) is 4.61. The second-order valence-corrected chi connectivity index (χ2v) is 7.16. The van der Waals surface area contributed by atoms with Gasteiger partial charge < -0.3 is 33.5 Å². The lowest BCUT2D eigenvalue weighted by atomic mass is 10.3. The van der Waals surface area contributed by atoms with E-state index in [9.17, 15) is 17.6 Å². The third kappa shape index (κ3) is 5.80. The first-order valence-corrected chi connectivity index (χ1v) is 10.4. The molecule has 7 nitrogen and oxygen atoms in total. The number of aliphatic hydroxyl groups excluding tert-OH is 1. The van der Waals surface area contributed by atoms with Crippen molar-refractivity contribution in [2.75, 3.05) is 19.8 Å². The summed E-state index contributed by atoms with van der Waals surface area (Å²) in [5.41, 5.74) is 0. The summed E-state index contributed by atoms with van der Waals surface area (Å²) >= 11 is 0. The highest BCUT2D eigenvalue weighted by atomic mass is 19.3. The van der Waals surface area contributed by atoms with Crippen LogP contribution < -0.4 is 28.4 Å². The molecule has 3 aliphatic rings. The van der Waals surface area contributed by atoms with Gasteiger partial charge in [-0.1, -0.05) is 36.4 Å². The second kappa shape index (κ2) is 10.2. The quantitative estimate of drug-likeness (QED) is 0.445. The van der Waals surface area contributed by atoms with Gasteiger partial charge in [0.2, 0.25) is 6.29 Å². The van der Waals surface area contributed by atoms with E-state index in [1.165, 1.54) is 12.1 Å². The number of para-hydroxylation sites is 6. The Morgan fingerprint density at radius 2 is 0.943 bits per heavy atom. The molecule has 1 N–H and O–H groups in total. The summed E-state index contributed by atoms with van der Waals surface area (Å²) in [6, 6.07) is 20.0. The number of fused-ring (bicyclic) bond motifs is 3. The Kier molecular flexibility index (Phi) is 7.06. The number of aliphatic hydroxyl groups is 1. The largest absolute Gasteiger partial charge is 0.507 e. The fourth-order valence-corrected chi connectivity index (χ4v) is 3.01. The van der Waals surface area contributed by atoms with Crippen LogP contribution in [-0.2, 0) is 0 Å². The van der Waals surface area contributed by atoms with Gasteiger partial charge in [-0.05, 0) is 36.4 Å². The fraction of sp³-hybridized carbons (Fsp3) is 0.250. The average molecular weight is 496 g/mol. The van der Waals surface area contributed by atoms with Crippen LogP contribution in [-0.4, -0.2) is 43.4 Å². The van der Waals surface area contributed by atoms with Gasteiger partial charge in [0, 0.05) is 0 Å². The molecular weight excluding hydrogens is 476 g/mol. The van der Waals surface area contributed by atoms with Gasteiger partial charge in [-0.2, -0.15) is 17.6 Å². The van der Waals surface area contributed by atoms with Crippen LogP contribution in [0.15, 0.2) is 72.8 Å². The molecule has 0 aromatic heterocycles. The van der Waals surface area contributed by atoms with Crippen molar-refractivity contribution in [3.8, 4) is 34.5 Å². The SMILES string of the molecule is FC1(F)Oc2ccccc2OC1(F)F.OC1COc2ccccc2O1.c1ccc2c(c1)OCCO2. The summed E-state index contributed by atoms with van der Waals surface area (Å²) in [5.74, 6) is 2.21. The zero-order valence-corrected chi connectivity index (χ0v) is 18.0. The molecule has 0 saturated heterocycles. The van der Waals surface area contributed by atoms with Crippen LogP contribution in [0.2, 0.25) is 0 Å². The Hall–Kier alpha value is -3.86. The van der Waals surface area contributed by atoms with Gasteiger partial charge in [-0.3, -0.25) is 0 Å². The van der Waals surface area contributed by atoms with Crippen molar-refractivity contribution in [1.29, 1.82) is 0 Å². The molecule has 0 saturated carbocycles. The van der Waals surface area contributed by atoms with Gasteiger partial charge in [0.05, 0.1) is 0 Å². The number of alkyl halides is 4. The highest BCUT2D eigenvalue weighted by Gasteiger charge is 2.65. The standard InChI is InChI=1S/C8H4F4O2.C8H8O3.C8H8O2/c9-7(10)8(11,12)14-6-4-2-1-3-5(6)13-7;9-8-5-10-6-3-1-2-4-7(6)11-8;1-2-4-8-7(3-1)9-5-6-10-8/h1-4H;1-4,8-9H,5H2;1-4H,5-6H2. The van der Waals surface area contributed by atoms with E-state index in [0.29, 0.717) is 24.7 Å². The van der Waals surface area contributed by atoms with E-state index in [2.05, 4.69) is 9.47 Å². The first-order chi connectivity index (χ1) is 16.7. The molecule has 3 aromatic carbocycles. The number of ether oxygens (including phenoxy) is 6. The molecular formula is C24H20F4O7. The number of halogens is 4. The van der Waals surface area contributed by atoms with Crippen LogP contribution in [0.1, 0.15) is 0 Å². The van der Waals surface area contributed by atoms with Gasteiger partial charge in [0.15, 0.2) is 41.1 Å². The maximum atomic E-state index is 12.6. The molecule has 3 heterocycles.